The SMILES string of the molecule is C=CCOc1ccc(C[C@H](NC(=O)[C@H](Cc2ccccc2)NC(C)=O)C(=O)N[C@@H](Cc2ccccc2)C(=O)N[C@@H](CCCNC(=N)N)C(=O)N[C@@H](CC(C)C)C(=O)N[C@@H](CCCNC(=N)N)C(=O)N[C@@H](CCCNC(=N)N)C(=O)N[C@H](C(=O)N[C@@H](CCCNC(=N)N)C(=O)N2CCC[C@H]2C(=O)N[C@@H](CCCCN)C(N)=O)[C@@H](C)CC)cc1. The summed E-state index contributed by atoms with van der Waals surface area (Å²) in [5.74, 6) is -11.3. The highest BCUT2D eigenvalue weighted by Gasteiger charge is 2.41. The number of nitrogens with two attached hydrogens (primary N) is 6. The number of carbonyl (C=O) groups is 12. The number of benzene rings is 3. The molecule has 1 fully saturated rings. The number of hydrogen-bond donors (Lipinski definition) is 24. The average Bonchev–Trinajstić information content (AvgIpc) is 1.76. The van der Waals surface area contributed by atoms with Crippen LogP contribution in [0.2, 0.25) is 0 Å². The van der Waals surface area contributed by atoms with Crippen molar-refractivity contribution in [2.75, 3.05) is 45.9 Å². The number of ether oxygens (including phenoxy) is 1. The first kappa shape index (κ1) is 97.2. The van der Waals surface area contributed by atoms with Gasteiger partial charge in [-0.05, 0) is 137 Å². The number of primary amides is 1. The lowest BCUT2D eigenvalue weighted by atomic mass is 9.96. The maximum atomic E-state index is 15.1. The molecule has 1 saturated heterocycles. The molecule has 38 nitrogen and oxygen atoms in total. The molecule has 12 amide bonds. The van der Waals surface area contributed by atoms with Gasteiger partial charge in [-0.3, -0.25) is 79.2 Å². The molecule has 12 atom stereocenters. The largest absolute Gasteiger partial charge is 0.490 e. The van der Waals surface area contributed by atoms with Crippen molar-refractivity contribution in [1.29, 1.82) is 21.6 Å². The predicted octanol–water partition coefficient (Wildman–Crippen LogP) is -2.10. The van der Waals surface area contributed by atoms with Crippen molar-refractivity contribution < 1.29 is 62.3 Å². The topological polar surface area (TPSA) is 637 Å². The average molecular weight is 1630 g/mol. The molecule has 1 heterocycles. The molecule has 0 unspecified atom stereocenters. The second-order valence-corrected chi connectivity index (χ2v) is 29.4. The van der Waals surface area contributed by atoms with Crippen molar-refractivity contribution in [1.82, 2.24) is 79.3 Å². The van der Waals surface area contributed by atoms with E-state index in [2.05, 4.69) is 81.0 Å². The Hall–Kier alpha value is -12.1. The number of likely N-dealkylation sites (tertiary alicyclic amines) is 1. The molecule has 1 aliphatic rings. The summed E-state index contributed by atoms with van der Waals surface area (Å²) in [6.07, 6.45) is 3.43. The van der Waals surface area contributed by atoms with Gasteiger partial charge < -0.3 is 118 Å². The second-order valence-electron chi connectivity index (χ2n) is 29.4. The monoisotopic (exact) mass is 1630 g/mol. The van der Waals surface area contributed by atoms with Gasteiger partial charge in [0.05, 0.1) is 0 Å². The summed E-state index contributed by atoms with van der Waals surface area (Å²) in [6, 6.07) is 9.58. The summed E-state index contributed by atoms with van der Waals surface area (Å²) in [5, 5.41) is 69.4. The van der Waals surface area contributed by atoms with Crippen molar-refractivity contribution in [2.24, 2.45) is 46.2 Å². The quantitative estimate of drug-likeness (QED) is 0.0125. The maximum absolute atomic E-state index is 15.1. The molecular formula is C79H125N25O13. The number of carbonyl (C=O) groups excluding carboxylic acids is 12. The molecular weight excluding hydrogens is 1510 g/mol. The molecule has 3 aromatic rings. The van der Waals surface area contributed by atoms with Crippen LogP contribution in [0.5, 0.6) is 5.75 Å². The van der Waals surface area contributed by atoms with Crippen LogP contribution in [-0.2, 0) is 76.8 Å². The lowest BCUT2D eigenvalue weighted by Crippen LogP contribution is -2.61. The van der Waals surface area contributed by atoms with Gasteiger partial charge in [-0.25, -0.2) is 0 Å². The predicted molar refractivity (Wildman–Crippen MR) is 443 cm³/mol. The second kappa shape index (κ2) is 52.4. The van der Waals surface area contributed by atoms with Gasteiger partial charge in [0.2, 0.25) is 70.9 Å². The first-order chi connectivity index (χ1) is 55.7. The standard InChI is InChI=1S/C79H125N25O13/c1-7-42-117-53-34-32-52(33-35-53)46-62(101-70(111)60(94-49(6)105)44-50-22-11-9-12-23-50)72(113)102-61(45-51-24-13-10-14-25-51)71(112)98-56(28-18-38-91-77(84)85)67(108)100-59(43-47(3)4)69(110)97-55(27-17-37-90-76(82)83)66(107)96-57(29-19-39-92-78(86)87)68(109)103-64(48(5)8-2)74(115)99-58(30-20-40-93-79(88)89)75(116)104-41-21-31-63(104)73(114)95-54(65(81)106)26-15-16-36-80/h7,9-14,22-25,32-35,47-48,54-64H,1,8,15-21,26-31,36-46,80H2,2-6H3,(H2,81,106)(H,94,105)(H,95,114)(H,96,107)(H,97,110)(H,98,112)(H,99,115)(H,100,108)(H,101,111)(H,102,113)(H,103,109)(H4,82,83,90)(H4,84,85,91)(H4,86,87,92)(H4,88,89,93)/t48-,54-,55-,56-,57-,58-,59-,60-,61-,62-,63-,64-/m0/s1. The molecule has 30 N–H and O–H groups in total. The zero-order valence-corrected chi connectivity index (χ0v) is 67.8. The van der Waals surface area contributed by atoms with Crippen molar-refractivity contribution in [3.63, 3.8) is 0 Å². The minimum atomic E-state index is -1.50. The van der Waals surface area contributed by atoms with E-state index in [1.165, 1.54) is 11.8 Å². The maximum Gasteiger partial charge on any atom is 0.245 e. The zero-order valence-electron chi connectivity index (χ0n) is 67.8. The molecule has 117 heavy (non-hydrogen) atoms. The fourth-order valence-electron chi connectivity index (χ4n) is 13.0. The third-order valence-electron chi connectivity index (χ3n) is 19.3. The first-order valence-corrected chi connectivity index (χ1v) is 39.8. The van der Waals surface area contributed by atoms with Crippen LogP contribution in [-0.4, -0.2) is 212 Å². The number of hydrogen-bond acceptors (Lipinski definition) is 18. The van der Waals surface area contributed by atoms with Crippen LogP contribution in [0.25, 0.3) is 0 Å². The first-order valence-electron chi connectivity index (χ1n) is 39.8. The van der Waals surface area contributed by atoms with Crippen LogP contribution >= 0.6 is 0 Å². The highest BCUT2D eigenvalue weighted by molar-refractivity contribution is 6.00. The molecule has 0 bridgehead atoms. The Morgan fingerprint density at radius 3 is 1.25 bits per heavy atom. The van der Waals surface area contributed by atoms with Crippen molar-refractivity contribution in [3.8, 4) is 5.75 Å². The van der Waals surface area contributed by atoms with Gasteiger partial charge in [0.1, 0.15) is 78.8 Å². The molecule has 4 rings (SSSR count). The molecule has 38 heteroatoms. The van der Waals surface area contributed by atoms with Gasteiger partial charge >= 0.3 is 0 Å². The summed E-state index contributed by atoms with van der Waals surface area (Å²) >= 11 is 0. The van der Waals surface area contributed by atoms with E-state index in [9.17, 15) is 33.6 Å². The molecule has 0 radical (unpaired) electrons. The number of unbranched alkanes of at least 4 members (excludes halogenated alkanes) is 1. The van der Waals surface area contributed by atoms with Crippen molar-refractivity contribution >= 4 is 94.7 Å². The molecule has 0 aliphatic carbocycles. The van der Waals surface area contributed by atoms with Gasteiger partial charge in [-0.2, -0.15) is 0 Å². The van der Waals surface area contributed by atoms with Gasteiger partial charge in [0, 0.05) is 58.9 Å². The van der Waals surface area contributed by atoms with E-state index in [1.54, 1.807) is 119 Å². The van der Waals surface area contributed by atoms with Crippen LogP contribution in [0.1, 0.15) is 148 Å². The Balaban J connectivity index is 1.72. The number of rotatable bonds is 54. The summed E-state index contributed by atoms with van der Waals surface area (Å²) < 4.78 is 5.68. The van der Waals surface area contributed by atoms with Gasteiger partial charge in [-0.15, -0.1) is 0 Å². The molecule has 1 aliphatic heterocycles. The molecule has 3 aromatic carbocycles. The van der Waals surface area contributed by atoms with Crippen LogP contribution < -0.4 is 114 Å². The lowest BCUT2D eigenvalue weighted by molar-refractivity contribution is -0.142. The zero-order chi connectivity index (χ0) is 86.5. The Morgan fingerprint density at radius 1 is 0.470 bits per heavy atom. The Bertz CT molecular complexity index is 3780. The minimum absolute atomic E-state index is 0.0240. The Kier molecular flexibility index (Phi) is 43.5. The molecule has 0 saturated carbocycles. The summed E-state index contributed by atoms with van der Waals surface area (Å²) in [7, 11) is 0. The van der Waals surface area contributed by atoms with Crippen LogP contribution in [0.15, 0.2) is 97.6 Å². The smallest absolute Gasteiger partial charge is 0.245 e. The third-order valence-corrected chi connectivity index (χ3v) is 19.3. The van der Waals surface area contributed by atoms with E-state index in [4.69, 9.17) is 60.8 Å². The van der Waals surface area contributed by atoms with Gasteiger partial charge in [0.25, 0.3) is 0 Å². The van der Waals surface area contributed by atoms with Crippen molar-refractivity contribution in [3.05, 3.63) is 114 Å². The van der Waals surface area contributed by atoms with E-state index in [0.29, 0.717) is 54.7 Å². The van der Waals surface area contributed by atoms with E-state index >= 15 is 24.0 Å². The van der Waals surface area contributed by atoms with E-state index < -0.39 is 155 Å². The van der Waals surface area contributed by atoms with Gasteiger partial charge in [-0.1, -0.05) is 120 Å². The van der Waals surface area contributed by atoms with Crippen LogP contribution in [0.3, 0.4) is 0 Å². The van der Waals surface area contributed by atoms with Gasteiger partial charge in [0.15, 0.2) is 23.8 Å². The normalized spacial score (nSPS) is 15.1. The summed E-state index contributed by atoms with van der Waals surface area (Å²) in [5.41, 5.74) is 35.6. The number of nitrogens with zero attached hydrogens (tertiary/aromatic N) is 1. The number of amides is 12. The molecule has 0 spiro atoms. The van der Waals surface area contributed by atoms with Crippen LogP contribution in [0.4, 0.5) is 0 Å². The lowest BCUT2D eigenvalue weighted by Gasteiger charge is -2.32. The third kappa shape index (κ3) is 36.9. The molecule has 644 valence electrons. The Labute approximate surface area is 683 Å². The van der Waals surface area contributed by atoms with Crippen molar-refractivity contribution in [2.45, 2.75) is 217 Å². The summed E-state index contributed by atoms with van der Waals surface area (Å²) in [4.78, 5) is 174. The summed E-state index contributed by atoms with van der Waals surface area (Å²) in [6.45, 7) is 12.8. The number of guanidine groups is 4. The fraction of sp³-hybridized carbons (Fsp3) is 0.544. The highest BCUT2D eigenvalue weighted by Crippen LogP contribution is 2.22. The highest BCUT2D eigenvalue weighted by atomic mass is 16.5. The fourth-order valence-corrected chi connectivity index (χ4v) is 13.0. The van der Waals surface area contributed by atoms with Crippen LogP contribution in [0, 0.1) is 33.5 Å². The minimum Gasteiger partial charge on any atom is -0.490 e. The van der Waals surface area contributed by atoms with E-state index in [0.717, 1.165) is 0 Å². The number of nitrogens with one attached hydrogen (secondary N) is 18. The van der Waals surface area contributed by atoms with E-state index in [-0.39, 0.29) is 147 Å². The molecule has 0 aromatic heterocycles. The Morgan fingerprint density at radius 2 is 0.846 bits per heavy atom. The van der Waals surface area contributed by atoms with E-state index in [1.807, 2.05) is 0 Å².